The van der Waals surface area contributed by atoms with Gasteiger partial charge in [0.05, 0.1) is 44.3 Å². The van der Waals surface area contributed by atoms with Crippen LogP contribution < -0.4 is 0 Å². The minimum Gasteiger partial charge on any atom is -0.462 e. The van der Waals surface area contributed by atoms with Crippen LogP contribution in [-0.4, -0.2) is 54.9 Å². The standard InChI is InChI=1S/C38H44N6O4S4/c1-23(49)43(24(2)50)33-17-37(5,6)15-27(29(33)19-39)31(21-41)35(45)47-13-11-9-10-12-14-48-36(46)32(22-42)28-16-38(7,8)18-34(30(28)20-40)44(25(3)51)26(4)52/h9-18H2,1-8H3/b31-27+,32-28+. The summed E-state index contributed by atoms with van der Waals surface area (Å²) in [5.74, 6) is -1.61. The summed E-state index contributed by atoms with van der Waals surface area (Å²) in [6.45, 7) is 14.9. The molecule has 0 N–H and O–H groups in total. The zero-order valence-corrected chi connectivity index (χ0v) is 34.3. The van der Waals surface area contributed by atoms with Gasteiger partial charge in [-0.3, -0.25) is 0 Å². The van der Waals surface area contributed by atoms with Crippen LogP contribution in [0.2, 0.25) is 0 Å². The van der Waals surface area contributed by atoms with Crippen LogP contribution in [0.1, 0.15) is 107 Å². The molecule has 0 aromatic heterocycles. The van der Waals surface area contributed by atoms with E-state index < -0.39 is 11.9 Å². The Morgan fingerprint density at radius 3 is 1.15 bits per heavy atom. The molecule has 2 rings (SSSR count). The molecule has 52 heavy (non-hydrogen) atoms. The molecule has 2 aliphatic rings. The molecule has 0 unspecified atom stereocenters. The van der Waals surface area contributed by atoms with E-state index in [2.05, 4.69) is 12.1 Å². The smallest absolute Gasteiger partial charge is 0.349 e. The maximum Gasteiger partial charge on any atom is 0.349 e. The first-order chi connectivity index (χ1) is 24.3. The Morgan fingerprint density at radius 1 is 0.596 bits per heavy atom. The van der Waals surface area contributed by atoms with E-state index in [0.29, 0.717) is 93.9 Å². The van der Waals surface area contributed by atoms with Gasteiger partial charge in [0, 0.05) is 11.4 Å². The van der Waals surface area contributed by atoms with Gasteiger partial charge < -0.3 is 19.3 Å². The third-order valence-electron chi connectivity index (χ3n) is 8.55. The lowest BCUT2D eigenvalue weighted by atomic mass is 9.72. The summed E-state index contributed by atoms with van der Waals surface area (Å²) in [5, 5.41) is 40.2. The van der Waals surface area contributed by atoms with Crippen LogP contribution in [0.5, 0.6) is 0 Å². The molecule has 0 spiro atoms. The van der Waals surface area contributed by atoms with Crippen molar-refractivity contribution in [1.82, 2.24) is 9.80 Å². The molecule has 0 aromatic rings. The third-order valence-corrected chi connectivity index (χ3v) is 9.28. The van der Waals surface area contributed by atoms with E-state index in [9.17, 15) is 30.6 Å². The molecule has 274 valence electrons. The van der Waals surface area contributed by atoms with Crippen LogP contribution in [-0.2, 0) is 19.1 Å². The summed E-state index contributed by atoms with van der Waals surface area (Å²) in [7, 11) is 0. The minimum absolute atomic E-state index is 0.0502. The number of allylic oxidation sites excluding steroid dienone is 6. The normalized spacial score (nSPS) is 18.0. The van der Waals surface area contributed by atoms with E-state index in [-0.39, 0.29) is 46.3 Å². The number of carbonyl (C=O) groups is 2. The van der Waals surface area contributed by atoms with Crippen LogP contribution in [0.25, 0.3) is 0 Å². The summed E-state index contributed by atoms with van der Waals surface area (Å²) in [6, 6.07) is 8.28. The van der Waals surface area contributed by atoms with Crippen LogP contribution in [0.3, 0.4) is 0 Å². The van der Waals surface area contributed by atoms with Gasteiger partial charge >= 0.3 is 11.9 Å². The lowest BCUT2D eigenvalue weighted by molar-refractivity contribution is -0.140. The fourth-order valence-electron chi connectivity index (χ4n) is 6.47. The van der Waals surface area contributed by atoms with E-state index in [1.165, 1.54) is 0 Å². The van der Waals surface area contributed by atoms with Gasteiger partial charge in [0.2, 0.25) is 0 Å². The number of ether oxygens (including phenoxy) is 2. The zero-order valence-electron chi connectivity index (χ0n) is 31.0. The van der Waals surface area contributed by atoms with Gasteiger partial charge in [-0.25, -0.2) is 9.59 Å². The van der Waals surface area contributed by atoms with Crippen molar-refractivity contribution in [3.05, 3.63) is 44.8 Å². The Labute approximate surface area is 329 Å². The third kappa shape index (κ3) is 11.2. The number of hydrogen-bond donors (Lipinski definition) is 0. The van der Waals surface area contributed by atoms with Crippen molar-refractivity contribution in [2.24, 2.45) is 10.8 Å². The molecule has 0 fully saturated rings. The Hall–Kier alpha value is -4.18. The molecule has 0 saturated heterocycles. The number of hydrogen-bond acceptors (Lipinski definition) is 12. The lowest BCUT2D eigenvalue weighted by Gasteiger charge is -2.38. The van der Waals surface area contributed by atoms with Gasteiger partial charge in [0.1, 0.15) is 35.4 Å². The largest absolute Gasteiger partial charge is 0.462 e. The summed E-state index contributed by atoms with van der Waals surface area (Å²) >= 11 is 21.6. The molecule has 0 radical (unpaired) electrons. The van der Waals surface area contributed by atoms with E-state index in [0.717, 1.165) is 0 Å². The quantitative estimate of drug-likeness (QED) is 0.0648. The Morgan fingerprint density at radius 2 is 0.904 bits per heavy atom. The van der Waals surface area contributed by atoms with Crippen molar-refractivity contribution in [3.63, 3.8) is 0 Å². The second kappa shape index (κ2) is 19.1. The first-order valence-electron chi connectivity index (χ1n) is 16.8. The first-order valence-corrected chi connectivity index (χ1v) is 18.4. The van der Waals surface area contributed by atoms with Crippen molar-refractivity contribution in [2.45, 2.75) is 107 Å². The summed E-state index contributed by atoms with van der Waals surface area (Å²) in [5.41, 5.74) is 0.977. The Balaban J connectivity index is 2.09. The van der Waals surface area contributed by atoms with Crippen LogP contribution in [0.4, 0.5) is 0 Å². The van der Waals surface area contributed by atoms with E-state index >= 15 is 0 Å². The van der Waals surface area contributed by atoms with Gasteiger partial charge in [-0.15, -0.1) is 0 Å². The molecule has 0 aromatic carbocycles. The highest BCUT2D eigenvalue weighted by Crippen LogP contribution is 2.45. The molecule has 10 nitrogen and oxygen atoms in total. The summed E-state index contributed by atoms with van der Waals surface area (Å²) in [6.07, 6.45) is 3.87. The van der Waals surface area contributed by atoms with Gasteiger partial charge in [0.15, 0.2) is 0 Å². The van der Waals surface area contributed by atoms with Crippen molar-refractivity contribution < 1.29 is 19.1 Å². The Bertz CT molecular complexity index is 1700. The number of rotatable bonds is 11. The predicted octanol–water partition coefficient (Wildman–Crippen LogP) is 8.46. The number of unbranched alkanes of at least 4 members (excludes halogenated alkanes) is 3. The molecular weight excluding hydrogens is 733 g/mol. The highest BCUT2D eigenvalue weighted by Gasteiger charge is 2.38. The average molecular weight is 777 g/mol. The molecule has 0 heterocycles. The Kier molecular flexibility index (Phi) is 16.1. The molecule has 0 atom stereocenters. The van der Waals surface area contributed by atoms with E-state index in [1.54, 1.807) is 37.5 Å². The minimum atomic E-state index is -0.803. The number of thiocarbonyl (C=S) groups is 4. The number of nitrogens with zero attached hydrogens (tertiary/aromatic N) is 6. The molecule has 0 bridgehead atoms. The van der Waals surface area contributed by atoms with Crippen LogP contribution in [0.15, 0.2) is 44.8 Å². The van der Waals surface area contributed by atoms with Gasteiger partial charge in [0.25, 0.3) is 0 Å². The lowest BCUT2D eigenvalue weighted by Crippen LogP contribution is -2.36. The van der Waals surface area contributed by atoms with Crippen molar-refractivity contribution >= 4 is 80.8 Å². The van der Waals surface area contributed by atoms with Crippen molar-refractivity contribution in [3.8, 4) is 24.3 Å². The molecule has 0 amide bonds. The molecule has 0 aliphatic heterocycles. The number of carbonyl (C=O) groups excluding carboxylic acids is 2. The molecular formula is C38H44N6O4S4. The average Bonchev–Trinajstić information content (AvgIpc) is 3.01. The van der Waals surface area contributed by atoms with Gasteiger partial charge in [-0.2, -0.15) is 21.0 Å². The maximum atomic E-state index is 13.1. The van der Waals surface area contributed by atoms with E-state index in [1.807, 2.05) is 39.8 Å². The van der Waals surface area contributed by atoms with Crippen molar-refractivity contribution in [1.29, 1.82) is 21.0 Å². The highest BCUT2D eigenvalue weighted by molar-refractivity contribution is 7.82. The van der Waals surface area contributed by atoms with E-state index in [4.69, 9.17) is 58.3 Å². The maximum absolute atomic E-state index is 13.1. The molecule has 2 aliphatic carbocycles. The fraction of sp³-hybridized carbons (Fsp3) is 0.526. The van der Waals surface area contributed by atoms with Crippen LogP contribution >= 0.6 is 48.9 Å². The number of esters is 2. The zero-order chi connectivity index (χ0) is 39.6. The topological polar surface area (TPSA) is 154 Å². The first kappa shape index (κ1) is 44.0. The predicted molar refractivity (Wildman–Crippen MR) is 214 cm³/mol. The molecule has 0 saturated carbocycles. The van der Waals surface area contributed by atoms with Crippen molar-refractivity contribution in [2.75, 3.05) is 13.2 Å². The molecule has 14 heteroatoms. The SMILES string of the molecule is CC(=S)N(C(C)=S)C1=C(C#N)/C(=C(\C#N)C(=O)OCCCCCCOC(=O)/C(C#N)=C2\CC(C)(C)CC(N(C(C)=S)C(C)=S)=C2C#N)CC(C)(C)C1. The summed E-state index contributed by atoms with van der Waals surface area (Å²) in [4.78, 5) is 31.4. The summed E-state index contributed by atoms with van der Waals surface area (Å²) < 4.78 is 10.9. The fourth-order valence-corrected chi connectivity index (χ4v) is 7.58. The second-order valence-corrected chi connectivity index (χ2v) is 16.6. The monoisotopic (exact) mass is 776 g/mol. The number of nitriles is 4. The van der Waals surface area contributed by atoms with Gasteiger partial charge in [-0.1, -0.05) is 76.6 Å². The van der Waals surface area contributed by atoms with Crippen LogP contribution in [0, 0.1) is 56.2 Å². The highest BCUT2D eigenvalue weighted by atomic mass is 32.1. The van der Waals surface area contributed by atoms with Gasteiger partial charge in [-0.05, 0) is 101 Å². The second-order valence-electron chi connectivity index (χ2n) is 14.3.